The zero-order valence-electron chi connectivity index (χ0n) is 16.8. The molecule has 29 heavy (non-hydrogen) atoms. The maximum Gasteiger partial charge on any atom is 0.493 e. The van der Waals surface area contributed by atoms with Crippen LogP contribution in [0.2, 0.25) is 0 Å². The highest BCUT2D eigenvalue weighted by Crippen LogP contribution is 2.53. The molecule has 0 bridgehead atoms. The van der Waals surface area contributed by atoms with Crippen LogP contribution < -0.4 is 16.1 Å². The van der Waals surface area contributed by atoms with Gasteiger partial charge in [-0.2, -0.15) is 0 Å². The van der Waals surface area contributed by atoms with E-state index in [4.69, 9.17) is 14.3 Å². The number of pyridine rings is 1. The molecule has 2 aliphatic heterocycles. The first kappa shape index (κ1) is 19.9. The number of benzene rings is 1. The average Bonchev–Trinajstić information content (AvgIpc) is 3.05. The predicted molar refractivity (Wildman–Crippen MR) is 115 cm³/mol. The zero-order valence-corrected chi connectivity index (χ0v) is 17.6. The molecule has 2 N–H and O–H groups in total. The van der Waals surface area contributed by atoms with Gasteiger partial charge in [-0.15, -0.1) is 0 Å². The SMILES string of the molecule is CCNC(=O)NC1=Nc2cc(B3OCC(C)(C)CO3)ccc2[S]1c1cccnc1. The van der Waals surface area contributed by atoms with Crippen molar-refractivity contribution in [2.24, 2.45) is 10.4 Å². The topological polar surface area (TPSA) is 84.8 Å². The van der Waals surface area contributed by atoms with Gasteiger partial charge in [0, 0.05) is 47.4 Å². The van der Waals surface area contributed by atoms with Crippen molar-refractivity contribution >= 4 is 40.4 Å². The van der Waals surface area contributed by atoms with Gasteiger partial charge in [-0.25, -0.2) is 9.79 Å². The summed E-state index contributed by atoms with van der Waals surface area (Å²) in [6.45, 7) is 7.95. The van der Waals surface area contributed by atoms with Crippen LogP contribution in [0.5, 0.6) is 0 Å². The Kier molecular flexibility index (Phi) is 5.62. The largest absolute Gasteiger partial charge is 0.493 e. The second-order valence-corrected chi connectivity index (χ2v) is 9.65. The van der Waals surface area contributed by atoms with E-state index in [0.717, 1.165) is 20.9 Å². The molecule has 0 spiro atoms. The molecule has 1 radical (unpaired) electrons. The smallest absolute Gasteiger partial charge is 0.407 e. The van der Waals surface area contributed by atoms with Crippen molar-refractivity contribution in [2.75, 3.05) is 19.8 Å². The minimum absolute atomic E-state index is 0.0158. The van der Waals surface area contributed by atoms with Gasteiger partial charge in [0.1, 0.15) is 0 Å². The number of fused-ring (bicyclic) bond motifs is 1. The molecule has 0 saturated carbocycles. The summed E-state index contributed by atoms with van der Waals surface area (Å²) in [4.78, 5) is 23.2. The number of aromatic nitrogens is 1. The van der Waals surface area contributed by atoms with Gasteiger partial charge in [-0.3, -0.25) is 10.3 Å². The number of nitrogens with zero attached hydrogens (tertiary/aromatic N) is 2. The van der Waals surface area contributed by atoms with E-state index >= 15 is 0 Å². The summed E-state index contributed by atoms with van der Waals surface area (Å²) in [7, 11) is -0.918. The van der Waals surface area contributed by atoms with E-state index in [9.17, 15) is 4.79 Å². The molecule has 2 aromatic rings. The van der Waals surface area contributed by atoms with E-state index < -0.39 is 18.0 Å². The first-order chi connectivity index (χ1) is 14.0. The van der Waals surface area contributed by atoms with Crippen LogP contribution in [0, 0.1) is 5.41 Å². The first-order valence-electron chi connectivity index (χ1n) is 9.62. The van der Waals surface area contributed by atoms with Gasteiger partial charge in [-0.1, -0.05) is 30.8 Å². The lowest BCUT2D eigenvalue weighted by molar-refractivity contribution is 0.0343. The number of carbonyl (C=O) groups is 1. The van der Waals surface area contributed by atoms with Crippen LogP contribution in [-0.2, 0) is 9.31 Å². The molecule has 0 unspecified atom stereocenters. The molecule has 9 heteroatoms. The van der Waals surface area contributed by atoms with E-state index in [1.807, 2.05) is 43.5 Å². The van der Waals surface area contributed by atoms with Crippen molar-refractivity contribution in [1.82, 2.24) is 15.6 Å². The van der Waals surface area contributed by atoms with E-state index in [-0.39, 0.29) is 11.4 Å². The lowest BCUT2D eigenvalue weighted by Gasteiger charge is -2.33. The molecule has 1 aromatic heterocycles. The number of nitrogens with one attached hydrogen (secondary N) is 2. The van der Waals surface area contributed by atoms with Crippen LogP contribution in [0.3, 0.4) is 0 Å². The van der Waals surface area contributed by atoms with Crippen LogP contribution in [0.15, 0.2) is 57.5 Å². The Morgan fingerprint density at radius 3 is 2.76 bits per heavy atom. The first-order valence-corrected chi connectivity index (χ1v) is 10.8. The van der Waals surface area contributed by atoms with Gasteiger partial charge in [-0.05, 0) is 36.7 Å². The molecule has 1 aromatic carbocycles. The highest BCUT2D eigenvalue weighted by Gasteiger charge is 2.35. The van der Waals surface area contributed by atoms with E-state index in [1.54, 1.807) is 6.20 Å². The Hall–Kier alpha value is -2.36. The van der Waals surface area contributed by atoms with E-state index in [2.05, 4.69) is 29.5 Å². The van der Waals surface area contributed by atoms with Gasteiger partial charge >= 0.3 is 13.1 Å². The molecule has 0 aliphatic carbocycles. The summed E-state index contributed by atoms with van der Waals surface area (Å²) in [5.41, 5.74) is 1.76. The lowest BCUT2D eigenvalue weighted by Crippen LogP contribution is -2.47. The third-order valence-corrected chi connectivity index (χ3v) is 6.65. The van der Waals surface area contributed by atoms with E-state index in [1.165, 1.54) is 0 Å². The van der Waals surface area contributed by atoms with Crippen molar-refractivity contribution in [1.29, 1.82) is 0 Å². The number of aliphatic imine (C=N–C) groups is 1. The number of hydrogen-bond acceptors (Lipinski definition) is 5. The van der Waals surface area contributed by atoms with Gasteiger partial charge < -0.3 is 14.6 Å². The molecular formula is C20H24BN4O3S. The van der Waals surface area contributed by atoms with E-state index in [0.29, 0.717) is 24.9 Å². The summed E-state index contributed by atoms with van der Waals surface area (Å²) in [5.74, 6) is 0. The fraction of sp³-hybridized carbons (Fsp3) is 0.350. The fourth-order valence-electron chi connectivity index (χ4n) is 3.17. The Morgan fingerprint density at radius 2 is 2.07 bits per heavy atom. The minimum Gasteiger partial charge on any atom is -0.407 e. The summed E-state index contributed by atoms with van der Waals surface area (Å²) in [6.07, 6.45) is 3.55. The van der Waals surface area contributed by atoms with Crippen LogP contribution in [-0.4, -0.2) is 43.1 Å². The standard InChI is InChI=1S/C20H24BN4O3S/c1-4-23-18(26)25-19-24-16-10-14(21-27-12-20(2,3)13-28-21)7-8-17(16)29(19)15-6-5-9-22-11-15/h5-11H,4,12-13H2,1-3H3,(H2,23,24,25,26). The van der Waals surface area contributed by atoms with Crippen molar-refractivity contribution in [2.45, 2.75) is 30.6 Å². The fourth-order valence-corrected chi connectivity index (χ4v) is 5.14. The monoisotopic (exact) mass is 411 g/mol. The van der Waals surface area contributed by atoms with Crippen LogP contribution in [0.25, 0.3) is 0 Å². The molecule has 1 saturated heterocycles. The summed E-state index contributed by atoms with van der Waals surface area (Å²) < 4.78 is 11.8. The molecule has 2 aliphatic rings. The summed E-state index contributed by atoms with van der Waals surface area (Å²) in [6, 6.07) is 9.68. The lowest BCUT2D eigenvalue weighted by atomic mass is 9.76. The van der Waals surface area contributed by atoms with Crippen LogP contribution in [0.4, 0.5) is 10.5 Å². The number of rotatable bonds is 3. The molecule has 151 valence electrons. The van der Waals surface area contributed by atoms with Gasteiger partial charge in [0.05, 0.1) is 5.69 Å². The Labute approximate surface area is 173 Å². The summed E-state index contributed by atoms with van der Waals surface area (Å²) in [5, 5.41) is 6.28. The van der Waals surface area contributed by atoms with Crippen molar-refractivity contribution < 1.29 is 14.1 Å². The van der Waals surface area contributed by atoms with Crippen molar-refractivity contribution in [3.8, 4) is 0 Å². The number of carbonyl (C=O) groups excluding carboxylic acids is 1. The quantitative estimate of drug-likeness (QED) is 0.761. The maximum atomic E-state index is 12.1. The molecule has 2 amide bonds. The van der Waals surface area contributed by atoms with Crippen LogP contribution >= 0.6 is 10.9 Å². The van der Waals surface area contributed by atoms with Crippen molar-refractivity contribution in [3.05, 3.63) is 42.7 Å². The predicted octanol–water partition coefficient (Wildman–Crippen LogP) is 2.86. The van der Waals surface area contributed by atoms with Gasteiger partial charge in [0.2, 0.25) is 0 Å². The second kappa shape index (κ2) is 8.18. The Bertz CT molecular complexity index is 929. The third-order valence-electron chi connectivity index (χ3n) is 4.57. The maximum absolute atomic E-state index is 12.1. The molecule has 4 rings (SSSR count). The van der Waals surface area contributed by atoms with Gasteiger partial charge in [0.15, 0.2) is 5.17 Å². The molecule has 3 heterocycles. The van der Waals surface area contributed by atoms with Gasteiger partial charge in [0.25, 0.3) is 0 Å². The normalized spacial score (nSPS) is 18.2. The van der Waals surface area contributed by atoms with Crippen LogP contribution in [0.1, 0.15) is 20.8 Å². The van der Waals surface area contributed by atoms with Crippen molar-refractivity contribution in [3.63, 3.8) is 0 Å². The molecular weight excluding hydrogens is 387 g/mol. The average molecular weight is 411 g/mol. The second-order valence-electron chi connectivity index (χ2n) is 7.74. The molecule has 7 nitrogen and oxygen atoms in total. The molecule has 0 atom stereocenters. The highest BCUT2D eigenvalue weighted by molar-refractivity contribution is 8.30. The minimum atomic E-state index is -0.519. The number of urea groups is 1. The summed E-state index contributed by atoms with van der Waals surface area (Å²) >= 11 is 0. The zero-order chi connectivity index (χ0) is 20.4. The number of hydrogen-bond donors (Lipinski definition) is 2. The Balaban J connectivity index is 1.64. The number of amides is 2. The molecule has 1 fully saturated rings. The highest BCUT2D eigenvalue weighted by atomic mass is 32.2. The third kappa shape index (κ3) is 4.31. The Morgan fingerprint density at radius 1 is 1.28 bits per heavy atom. The number of amidine groups is 1.